The molecule has 0 aliphatic carbocycles. The van der Waals surface area contributed by atoms with E-state index in [2.05, 4.69) is 36.4 Å². The third-order valence-electron chi connectivity index (χ3n) is 4.68. The highest BCUT2D eigenvalue weighted by molar-refractivity contribution is 5.44. The minimum atomic E-state index is 0.443. The lowest BCUT2D eigenvalue weighted by Gasteiger charge is -2.39. The second-order valence-corrected chi connectivity index (χ2v) is 6.50. The van der Waals surface area contributed by atoms with Crippen molar-refractivity contribution in [2.75, 3.05) is 19.6 Å². The molecule has 3 aromatic heterocycles. The van der Waals surface area contributed by atoms with Crippen molar-refractivity contribution in [3.63, 3.8) is 0 Å². The number of hydrogen-bond donors (Lipinski definition) is 0. The van der Waals surface area contributed by atoms with Crippen LogP contribution < -0.4 is 0 Å². The second kappa shape index (κ2) is 6.81. The van der Waals surface area contributed by atoms with Gasteiger partial charge in [0.05, 0.1) is 19.4 Å². The summed E-state index contributed by atoms with van der Waals surface area (Å²) < 4.78 is 12.7. The third kappa shape index (κ3) is 3.49. The molecule has 0 radical (unpaired) electrons. The highest BCUT2D eigenvalue weighted by Gasteiger charge is 2.26. The molecule has 1 unspecified atom stereocenters. The van der Waals surface area contributed by atoms with Crippen LogP contribution in [0.25, 0.3) is 11.6 Å². The van der Waals surface area contributed by atoms with E-state index in [9.17, 15) is 0 Å². The molecule has 132 valence electrons. The number of nitrogens with zero attached hydrogens (tertiary/aromatic N) is 6. The van der Waals surface area contributed by atoms with Gasteiger partial charge >= 0.3 is 0 Å². The Morgan fingerprint density at radius 1 is 1.28 bits per heavy atom. The molecule has 0 amide bonds. The molecule has 1 aliphatic rings. The van der Waals surface area contributed by atoms with Crippen molar-refractivity contribution in [1.29, 1.82) is 0 Å². The Labute approximate surface area is 146 Å². The molecule has 4 heterocycles. The molecule has 1 aliphatic heterocycles. The summed E-state index contributed by atoms with van der Waals surface area (Å²) in [5.41, 5.74) is 0. The fourth-order valence-corrected chi connectivity index (χ4v) is 3.20. The fourth-order valence-electron chi connectivity index (χ4n) is 3.20. The van der Waals surface area contributed by atoms with Gasteiger partial charge in [0.15, 0.2) is 5.76 Å². The van der Waals surface area contributed by atoms with Crippen molar-refractivity contribution in [2.45, 2.75) is 26.1 Å². The van der Waals surface area contributed by atoms with Crippen molar-refractivity contribution in [1.82, 2.24) is 29.5 Å². The van der Waals surface area contributed by atoms with Crippen molar-refractivity contribution in [2.24, 2.45) is 7.05 Å². The minimum Gasteiger partial charge on any atom is -0.461 e. The third-order valence-corrected chi connectivity index (χ3v) is 4.68. The molecule has 0 aromatic carbocycles. The summed E-state index contributed by atoms with van der Waals surface area (Å²) in [5.74, 6) is 2.85. The average Bonchev–Trinajstić information content (AvgIpc) is 3.32. The summed E-state index contributed by atoms with van der Waals surface area (Å²) >= 11 is 0. The maximum absolute atomic E-state index is 5.36. The number of rotatable bonds is 5. The van der Waals surface area contributed by atoms with Crippen LogP contribution in [-0.2, 0) is 20.1 Å². The van der Waals surface area contributed by atoms with Gasteiger partial charge in [0.25, 0.3) is 0 Å². The molecule has 0 N–H and O–H groups in total. The standard InChI is InChI=1S/C17H22N6O2/c1-13-10-22(7-8-23(13)11-15-18-5-6-21(15)2)12-16-19-17(20-25-16)14-4-3-9-24-14/h3-6,9,13H,7-8,10-12H2,1-2H3. The Morgan fingerprint density at radius 3 is 2.92 bits per heavy atom. The lowest BCUT2D eigenvalue weighted by molar-refractivity contribution is 0.0645. The zero-order valence-electron chi connectivity index (χ0n) is 14.5. The Balaban J connectivity index is 1.34. The monoisotopic (exact) mass is 342 g/mol. The van der Waals surface area contributed by atoms with E-state index in [4.69, 9.17) is 8.94 Å². The van der Waals surface area contributed by atoms with E-state index in [0.717, 1.165) is 32.0 Å². The summed E-state index contributed by atoms with van der Waals surface area (Å²) in [6.07, 6.45) is 5.44. The van der Waals surface area contributed by atoms with Crippen LogP contribution in [0.4, 0.5) is 0 Å². The first-order chi connectivity index (χ1) is 12.2. The first-order valence-electron chi connectivity index (χ1n) is 8.48. The maximum Gasteiger partial charge on any atom is 0.241 e. The maximum atomic E-state index is 5.36. The van der Waals surface area contributed by atoms with E-state index in [0.29, 0.717) is 30.1 Å². The largest absolute Gasteiger partial charge is 0.461 e. The molecular formula is C17H22N6O2. The van der Waals surface area contributed by atoms with Crippen molar-refractivity contribution < 1.29 is 8.94 Å². The molecule has 0 spiro atoms. The lowest BCUT2D eigenvalue weighted by Crippen LogP contribution is -2.51. The van der Waals surface area contributed by atoms with Gasteiger partial charge in [-0.3, -0.25) is 9.80 Å². The molecular weight excluding hydrogens is 320 g/mol. The van der Waals surface area contributed by atoms with Gasteiger partial charge in [-0.05, 0) is 19.1 Å². The van der Waals surface area contributed by atoms with Crippen LogP contribution >= 0.6 is 0 Å². The highest BCUT2D eigenvalue weighted by Crippen LogP contribution is 2.18. The second-order valence-electron chi connectivity index (χ2n) is 6.50. The van der Waals surface area contributed by atoms with Gasteiger partial charge in [-0.25, -0.2) is 4.98 Å². The lowest BCUT2D eigenvalue weighted by atomic mass is 10.2. The molecule has 4 rings (SSSR count). The molecule has 8 nitrogen and oxygen atoms in total. The summed E-state index contributed by atoms with van der Waals surface area (Å²) in [5, 5.41) is 3.99. The summed E-state index contributed by atoms with van der Waals surface area (Å²) in [7, 11) is 2.04. The van der Waals surface area contributed by atoms with Gasteiger partial charge in [-0.2, -0.15) is 4.98 Å². The van der Waals surface area contributed by atoms with E-state index >= 15 is 0 Å². The Morgan fingerprint density at radius 2 is 2.20 bits per heavy atom. The number of aryl methyl sites for hydroxylation is 1. The number of imidazole rings is 1. The molecule has 1 saturated heterocycles. The van der Waals surface area contributed by atoms with E-state index in [1.165, 1.54) is 0 Å². The van der Waals surface area contributed by atoms with Crippen molar-refractivity contribution in [3.8, 4) is 11.6 Å². The quantitative estimate of drug-likeness (QED) is 0.699. The molecule has 25 heavy (non-hydrogen) atoms. The number of aromatic nitrogens is 4. The van der Waals surface area contributed by atoms with Crippen molar-refractivity contribution >= 4 is 0 Å². The molecule has 0 bridgehead atoms. The minimum absolute atomic E-state index is 0.443. The topological polar surface area (TPSA) is 76.4 Å². The number of piperazine rings is 1. The van der Waals surface area contributed by atoms with Crippen molar-refractivity contribution in [3.05, 3.63) is 42.5 Å². The summed E-state index contributed by atoms with van der Waals surface area (Å²) in [4.78, 5) is 13.7. The molecule has 1 fully saturated rings. The van der Waals surface area contributed by atoms with Crippen LogP contribution in [-0.4, -0.2) is 55.2 Å². The first kappa shape index (κ1) is 16.0. The Hall–Kier alpha value is -2.45. The van der Waals surface area contributed by atoms with Crippen LogP contribution in [0.1, 0.15) is 18.6 Å². The zero-order valence-corrected chi connectivity index (χ0v) is 14.5. The fraction of sp³-hybridized carbons (Fsp3) is 0.471. The van der Waals surface area contributed by atoms with Crippen LogP contribution in [0.5, 0.6) is 0 Å². The van der Waals surface area contributed by atoms with Gasteiger partial charge in [-0.1, -0.05) is 5.16 Å². The smallest absolute Gasteiger partial charge is 0.241 e. The predicted molar refractivity (Wildman–Crippen MR) is 90.4 cm³/mol. The zero-order chi connectivity index (χ0) is 17.2. The Bertz CT molecular complexity index is 809. The van der Waals surface area contributed by atoms with Crippen LogP contribution in [0.2, 0.25) is 0 Å². The predicted octanol–water partition coefficient (Wildman–Crippen LogP) is 1.77. The van der Waals surface area contributed by atoms with Gasteiger partial charge in [-0.15, -0.1) is 0 Å². The van der Waals surface area contributed by atoms with Crippen LogP contribution in [0.15, 0.2) is 39.7 Å². The molecule has 3 aromatic rings. The van der Waals surface area contributed by atoms with E-state index in [1.54, 1.807) is 6.26 Å². The first-order valence-corrected chi connectivity index (χ1v) is 8.48. The van der Waals surface area contributed by atoms with Gasteiger partial charge in [0, 0.05) is 45.1 Å². The van der Waals surface area contributed by atoms with Gasteiger partial charge < -0.3 is 13.5 Å². The average molecular weight is 342 g/mol. The Kier molecular flexibility index (Phi) is 4.37. The van der Waals surface area contributed by atoms with Crippen LogP contribution in [0, 0.1) is 0 Å². The number of furan rings is 1. The van der Waals surface area contributed by atoms with E-state index in [-0.39, 0.29) is 0 Å². The van der Waals surface area contributed by atoms with Crippen LogP contribution in [0.3, 0.4) is 0 Å². The SMILES string of the molecule is CC1CN(Cc2nc(-c3ccco3)no2)CCN1Cc1nccn1C. The highest BCUT2D eigenvalue weighted by atomic mass is 16.5. The molecule has 0 saturated carbocycles. The summed E-state index contributed by atoms with van der Waals surface area (Å²) in [6.45, 7) is 6.70. The van der Waals surface area contributed by atoms with E-state index in [1.807, 2.05) is 31.6 Å². The van der Waals surface area contributed by atoms with Gasteiger partial charge in [0.2, 0.25) is 11.7 Å². The normalized spacial score (nSPS) is 19.5. The van der Waals surface area contributed by atoms with Gasteiger partial charge in [0.1, 0.15) is 5.82 Å². The summed E-state index contributed by atoms with van der Waals surface area (Å²) in [6, 6.07) is 4.08. The van der Waals surface area contributed by atoms with E-state index < -0.39 is 0 Å². The molecule has 8 heteroatoms. The number of hydrogen-bond acceptors (Lipinski definition) is 7. The molecule has 1 atom stereocenters.